The Morgan fingerprint density at radius 3 is 2.30 bits per heavy atom. The molecule has 30 heavy (non-hydrogen) atoms. The monoisotopic (exact) mass is 400 g/mol. The van der Waals surface area contributed by atoms with E-state index in [9.17, 15) is 9.59 Å². The van der Waals surface area contributed by atoms with E-state index in [1.807, 2.05) is 56.3 Å². The number of ether oxygens (including phenoxy) is 1. The Kier molecular flexibility index (Phi) is 6.65. The lowest BCUT2D eigenvalue weighted by Crippen LogP contribution is -2.17. The van der Waals surface area contributed by atoms with Gasteiger partial charge in [0.1, 0.15) is 5.75 Å². The van der Waals surface area contributed by atoms with Crippen LogP contribution < -0.4 is 15.4 Å². The van der Waals surface area contributed by atoms with Gasteiger partial charge in [0.15, 0.2) is 0 Å². The third-order valence-electron chi connectivity index (χ3n) is 4.74. The summed E-state index contributed by atoms with van der Waals surface area (Å²) in [6, 6.07) is 20.0. The van der Waals surface area contributed by atoms with Crippen LogP contribution in [0.4, 0.5) is 11.4 Å². The quantitative estimate of drug-likeness (QED) is 0.558. The molecule has 3 rings (SSSR count). The van der Waals surface area contributed by atoms with E-state index in [0.29, 0.717) is 16.9 Å². The van der Waals surface area contributed by atoms with Crippen LogP contribution in [0.3, 0.4) is 0 Å². The van der Waals surface area contributed by atoms with E-state index in [-0.39, 0.29) is 11.8 Å². The van der Waals surface area contributed by atoms with Crippen molar-refractivity contribution in [3.05, 3.63) is 95.1 Å². The second-order valence-corrected chi connectivity index (χ2v) is 6.89. The molecule has 0 heterocycles. The van der Waals surface area contributed by atoms with Crippen molar-refractivity contribution in [2.24, 2.45) is 0 Å². The van der Waals surface area contributed by atoms with Crippen LogP contribution in [0.2, 0.25) is 0 Å². The zero-order valence-electron chi connectivity index (χ0n) is 17.2. The first-order valence-electron chi connectivity index (χ1n) is 9.57. The summed E-state index contributed by atoms with van der Waals surface area (Å²) in [7, 11) is 1.60. The summed E-state index contributed by atoms with van der Waals surface area (Å²) in [5.74, 6) is 0.144. The molecule has 5 heteroatoms. The van der Waals surface area contributed by atoms with Gasteiger partial charge in [-0.25, -0.2) is 0 Å². The third-order valence-corrected chi connectivity index (χ3v) is 4.74. The number of rotatable bonds is 6. The van der Waals surface area contributed by atoms with Crippen molar-refractivity contribution in [1.29, 1.82) is 0 Å². The van der Waals surface area contributed by atoms with E-state index >= 15 is 0 Å². The van der Waals surface area contributed by atoms with Gasteiger partial charge in [-0.05, 0) is 73.0 Å². The minimum absolute atomic E-state index is 0.284. The van der Waals surface area contributed by atoms with Crippen LogP contribution in [-0.4, -0.2) is 18.9 Å². The number of aryl methyl sites for hydroxylation is 2. The summed E-state index contributed by atoms with van der Waals surface area (Å²) in [6.07, 6.45) is 3.13. The van der Waals surface area contributed by atoms with E-state index in [1.54, 1.807) is 37.5 Å². The molecule has 0 saturated heterocycles. The van der Waals surface area contributed by atoms with Crippen molar-refractivity contribution in [2.45, 2.75) is 13.8 Å². The lowest BCUT2D eigenvalue weighted by Gasteiger charge is -2.11. The van der Waals surface area contributed by atoms with Gasteiger partial charge in [-0.1, -0.05) is 30.3 Å². The zero-order valence-corrected chi connectivity index (χ0v) is 17.2. The Morgan fingerprint density at radius 1 is 0.867 bits per heavy atom. The summed E-state index contributed by atoms with van der Waals surface area (Å²) < 4.78 is 5.12. The maximum atomic E-state index is 12.8. The maximum Gasteiger partial charge on any atom is 0.257 e. The molecule has 0 saturated carbocycles. The molecule has 0 fully saturated rings. The Morgan fingerprint density at radius 2 is 1.60 bits per heavy atom. The van der Waals surface area contributed by atoms with Crippen LogP contribution >= 0.6 is 0 Å². The second-order valence-electron chi connectivity index (χ2n) is 6.89. The van der Waals surface area contributed by atoms with E-state index < -0.39 is 0 Å². The van der Waals surface area contributed by atoms with Gasteiger partial charge in [0.25, 0.3) is 5.91 Å². The predicted molar refractivity (Wildman–Crippen MR) is 121 cm³/mol. The van der Waals surface area contributed by atoms with Crippen LogP contribution in [0.25, 0.3) is 6.08 Å². The number of hydrogen-bond acceptors (Lipinski definition) is 3. The summed E-state index contributed by atoms with van der Waals surface area (Å²) in [5.41, 5.74) is 4.67. The van der Waals surface area contributed by atoms with Gasteiger partial charge in [0, 0.05) is 11.8 Å². The number of carbonyl (C=O) groups is 2. The summed E-state index contributed by atoms with van der Waals surface area (Å²) in [6.45, 7) is 4.01. The Hall–Kier alpha value is -3.86. The number of anilines is 2. The molecule has 0 radical (unpaired) electrons. The number of para-hydroxylation sites is 1. The Bertz CT molecular complexity index is 1090. The van der Waals surface area contributed by atoms with Gasteiger partial charge < -0.3 is 15.4 Å². The highest BCUT2D eigenvalue weighted by atomic mass is 16.5. The van der Waals surface area contributed by atoms with Crippen LogP contribution in [0.5, 0.6) is 5.75 Å². The first kappa shape index (κ1) is 20.9. The smallest absolute Gasteiger partial charge is 0.257 e. The highest BCUT2D eigenvalue weighted by Gasteiger charge is 2.13. The number of benzene rings is 3. The van der Waals surface area contributed by atoms with Crippen LogP contribution in [0.1, 0.15) is 27.0 Å². The lowest BCUT2D eigenvalue weighted by atomic mass is 10.1. The molecule has 0 atom stereocenters. The molecule has 3 aromatic carbocycles. The average molecular weight is 400 g/mol. The van der Waals surface area contributed by atoms with Crippen molar-refractivity contribution < 1.29 is 14.3 Å². The topological polar surface area (TPSA) is 67.4 Å². The Balaban J connectivity index is 1.70. The summed E-state index contributed by atoms with van der Waals surface area (Å²) in [4.78, 5) is 25.1. The van der Waals surface area contributed by atoms with E-state index in [1.165, 1.54) is 6.08 Å². The third kappa shape index (κ3) is 5.35. The minimum Gasteiger partial charge on any atom is -0.497 e. The normalized spacial score (nSPS) is 10.6. The summed E-state index contributed by atoms with van der Waals surface area (Å²) >= 11 is 0. The number of methoxy groups -OCH3 is 1. The molecule has 0 aromatic heterocycles. The first-order valence-corrected chi connectivity index (χ1v) is 9.57. The predicted octanol–water partition coefficient (Wildman–Crippen LogP) is 5.22. The van der Waals surface area contributed by atoms with E-state index in [4.69, 9.17) is 4.74 Å². The molecule has 2 amide bonds. The second kappa shape index (κ2) is 9.56. The van der Waals surface area contributed by atoms with Crippen molar-refractivity contribution in [3.8, 4) is 5.75 Å². The number of amides is 2. The maximum absolute atomic E-state index is 12.8. The Labute approximate surface area is 176 Å². The van der Waals surface area contributed by atoms with Crippen molar-refractivity contribution in [1.82, 2.24) is 0 Å². The standard InChI is InChI=1S/C25H24N2O3/c1-17-8-12-20(16-18(17)2)26-25(29)22-6-4-5-7-23(22)27-24(28)15-11-19-9-13-21(30-3)14-10-19/h4-16H,1-3H3,(H,26,29)(H,27,28). The molecule has 2 N–H and O–H groups in total. The number of hydrogen-bond donors (Lipinski definition) is 2. The average Bonchev–Trinajstić information content (AvgIpc) is 2.75. The number of nitrogens with one attached hydrogen (secondary N) is 2. The largest absolute Gasteiger partial charge is 0.497 e. The minimum atomic E-state index is -0.322. The molecule has 5 nitrogen and oxygen atoms in total. The van der Waals surface area contributed by atoms with Gasteiger partial charge in [-0.15, -0.1) is 0 Å². The van der Waals surface area contributed by atoms with Crippen molar-refractivity contribution >= 4 is 29.3 Å². The van der Waals surface area contributed by atoms with Crippen LogP contribution in [0.15, 0.2) is 72.8 Å². The first-order chi connectivity index (χ1) is 14.5. The molecule has 3 aromatic rings. The van der Waals surface area contributed by atoms with E-state index in [0.717, 1.165) is 22.4 Å². The van der Waals surface area contributed by atoms with Gasteiger partial charge in [-0.3, -0.25) is 9.59 Å². The summed E-state index contributed by atoms with van der Waals surface area (Å²) in [5, 5.41) is 5.67. The fourth-order valence-corrected chi connectivity index (χ4v) is 2.87. The lowest BCUT2D eigenvalue weighted by molar-refractivity contribution is -0.111. The van der Waals surface area contributed by atoms with E-state index in [2.05, 4.69) is 10.6 Å². The van der Waals surface area contributed by atoms with Crippen molar-refractivity contribution in [2.75, 3.05) is 17.7 Å². The molecular weight excluding hydrogens is 376 g/mol. The molecule has 0 aliphatic carbocycles. The van der Waals surface area contributed by atoms with Crippen molar-refractivity contribution in [3.63, 3.8) is 0 Å². The molecule has 0 aliphatic rings. The number of carbonyl (C=O) groups excluding carboxylic acids is 2. The molecule has 0 unspecified atom stereocenters. The van der Waals surface area contributed by atoms with Crippen LogP contribution in [-0.2, 0) is 4.79 Å². The highest BCUT2D eigenvalue weighted by Crippen LogP contribution is 2.19. The molecule has 152 valence electrons. The van der Waals surface area contributed by atoms with Crippen LogP contribution in [0, 0.1) is 13.8 Å². The van der Waals surface area contributed by atoms with Gasteiger partial charge >= 0.3 is 0 Å². The fraction of sp³-hybridized carbons (Fsp3) is 0.120. The molecule has 0 bridgehead atoms. The SMILES string of the molecule is COc1ccc(C=CC(=O)Nc2ccccc2C(=O)Nc2ccc(C)c(C)c2)cc1. The fourth-order valence-electron chi connectivity index (χ4n) is 2.87. The molecule has 0 spiro atoms. The highest BCUT2D eigenvalue weighted by molar-refractivity contribution is 6.11. The molecule has 0 aliphatic heterocycles. The molecular formula is C25H24N2O3. The van der Waals surface area contributed by atoms with Gasteiger partial charge in [-0.2, -0.15) is 0 Å². The van der Waals surface area contributed by atoms with Gasteiger partial charge in [0.2, 0.25) is 5.91 Å². The zero-order chi connectivity index (χ0) is 21.5. The van der Waals surface area contributed by atoms with Gasteiger partial charge in [0.05, 0.1) is 18.4 Å².